The van der Waals surface area contributed by atoms with Crippen LogP contribution in [0.3, 0.4) is 0 Å². The number of aliphatic hydroxyl groups excluding tert-OH is 1. The van der Waals surface area contributed by atoms with Crippen molar-refractivity contribution < 1.29 is 24.2 Å². The van der Waals surface area contributed by atoms with E-state index >= 15 is 0 Å². The second-order valence-electron chi connectivity index (χ2n) is 25.7. The third-order valence-electron chi connectivity index (χ3n) is 17.2. The van der Waals surface area contributed by atoms with E-state index in [1.807, 2.05) is 0 Å². The number of ether oxygens (including phenoxy) is 2. The molecule has 0 saturated carbocycles. The van der Waals surface area contributed by atoms with Crippen molar-refractivity contribution in [1.82, 2.24) is 0 Å². The van der Waals surface area contributed by atoms with Crippen LogP contribution in [0.1, 0.15) is 399 Å². The van der Waals surface area contributed by atoms with E-state index in [2.05, 4.69) is 98.9 Å². The van der Waals surface area contributed by atoms with Crippen molar-refractivity contribution >= 4 is 11.9 Å². The minimum absolute atomic E-state index is 0.0613. The largest absolute Gasteiger partial charge is 0.462 e. The highest BCUT2D eigenvalue weighted by Crippen LogP contribution is 2.19. The summed E-state index contributed by atoms with van der Waals surface area (Å²) in [7, 11) is 0. The zero-order chi connectivity index (χ0) is 61.9. The first-order valence-electron chi connectivity index (χ1n) is 38.1. The molecule has 0 aliphatic carbocycles. The molecule has 0 amide bonds. The summed E-state index contributed by atoms with van der Waals surface area (Å²) in [6.07, 6.45) is 108. The van der Waals surface area contributed by atoms with Crippen LogP contribution in [0.15, 0.2) is 85.1 Å². The molecular weight excluding hydrogens is 1050 g/mol. The zero-order valence-corrected chi connectivity index (χ0v) is 57.6. The van der Waals surface area contributed by atoms with E-state index in [1.165, 1.54) is 295 Å². The molecule has 0 heterocycles. The minimum atomic E-state index is -0.773. The fraction of sp³-hybridized carbons (Fsp3) is 0.802. The molecule has 0 aliphatic heterocycles. The van der Waals surface area contributed by atoms with Crippen LogP contribution in [0.2, 0.25) is 0 Å². The fourth-order valence-electron chi connectivity index (χ4n) is 11.5. The van der Waals surface area contributed by atoms with Crippen molar-refractivity contribution in [3.8, 4) is 0 Å². The van der Waals surface area contributed by atoms with Gasteiger partial charge in [-0.2, -0.15) is 0 Å². The molecule has 1 unspecified atom stereocenters. The molecule has 1 atom stereocenters. The van der Waals surface area contributed by atoms with Crippen LogP contribution in [-0.4, -0.2) is 36.4 Å². The molecule has 86 heavy (non-hydrogen) atoms. The number of carbonyl (C=O) groups excluding carboxylic acids is 2. The van der Waals surface area contributed by atoms with Crippen LogP contribution in [0.25, 0.3) is 0 Å². The van der Waals surface area contributed by atoms with E-state index in [1.54, 1.807) is 0 Å². The number of hydrogen-bond acceptors (Lipinski definition) is 5. The lowest BCUT2D eigenvalue weighted by Gasteiger charge is -2.15. The number of hydrogen-bond donors (Lipinski definition) is 1. The highest BCUT2D eigenvalue weighted by Gasteiger charge is 2.16. The summed E-state index contributed by atoms with van der Waals surface area (Å²) in [6.45, 7) is 4.08. The molecule has 0 aromatic heterocycles. The van der Waals surface area contributed by atoms with Crippen LogP contribution >= 0.6 is 0 Å². The van der Waals surface area contributed by atoms with Crippen LogP contribution in [-0.2, 0) is 19.1 Å². The third-order valence-corrected chi connectivity index (χ3v) is 17.2. The second-order valence-corrected chi connectivity index (χ2v) is 25.7. The molecule has 0 saturated heterocycles. The standard InChI is InChI=1S/C81H146O5/c1-3-5-7-9-11-13-15-17-19-21-23-25-27-29-31-33-35-36-37-38-39-40-41-42-43-44-46-48-50-52-54-56-58-60-62-64-66-68-70-72-74-76-81(84)86-79(77-82)78-85-80(83)75-73-71-69-67-65-63-61-59-57-55-53-51-49-47-45-34-32-30-28-26-24-22-20-18-16-14-12-10-8-6-4-2/h5,7,11,13,17,19,22-25,29,31,35-36,79,82H,3-4,6,8-10,12,14-16,18,20-21,26-28,30,32-34,37-78H2,1-2H3/b7-5-,13-11-,19-17-,24-22-,25-23-,31-29-,36-35-. The maximum Gasteiger partial charge on any atom is 0.306 e. The SMILES string of the molecule is CC/C=C\C/C=C\C/C=C\C/C=C\C/C=C\C/C=C\CCCCCCCCCCCCCCCCCCCCCCCCC(=O)OC(CO)COC(=O)CCCCCCCCCCCCCCCCCCCCC/C=C\CCCCCCCCCC. The van der Waals surface area contributed by atoms with Crippen molar-refractivity contribution in [2.45, 2.75) is 405 Å². The van der Waals surface area contributed by atoms with Gasteiger partial charge in [0.1, 0.15) is 6.61 Å². The first-order valence-corrected chi connectivity index (χ1v) is 38.1. The van der Waals surface area contributed by atoms with Gasteiger partial charge in [0, 0.05) is 12.8 Å². The number of unbranched alkanes of at least 4 members (excludes halogenated alkanes) is 49. The van der Waals surface area contributed by atoms with Crippen molar-refractivity contribution in [3.05, 3.63) is 85.1 Å². The van der Waals surface area contributed by atoms with Gasteiger partial charge in [-0.3, -0.25) is 9.59 Å². The number of allylic oxidation sites excluding steroid dienone is 14. The number of rotatable bonds is 71. The average molecular weight is 1200 g/mol. The first kappa shape index (κ1) is 83.1. The lowest BCUT2D eigenvalue weighted by Crippen LogP contribution is -2.28. The maximum atomic E-state index is 12.4. The fourth-order valence-corrected chi connectivity index (χ4v) is 11.5. The number of esters is 2. The summed E-state index contributed by atoms with van der Waals surface area (Å²) in [5.74, 6) is -0.568. The molecule has 5 nitrogen and oxygen atoms in total. The van der Waals surface area contributed by atoms with Gasteiger partial charge in [0.15, 0.2) is 6.10 Å². The van der Waals surface area contributed by atoms with Gasteiger partial charge in [-0.15, -0.1) is 0 Å². The Morgan fingerprint density at radius 1 is 0.279 bits per heavy atom. The molecular formula is C81H146O5. The highest BCUT2D eigenvalue weighted by molar-refractivity contribution is 5.70. The molecule has 0 spiro atoms. The van der Waals surface area contributed by atoms with Crippen molar-refractivity contribution in [1.29, 1.82) is 0 Å². The summed E-state index contributed by atoms with van der Waals surface area (Å²) >= 11 is 0. The Morgan fingerprint density at radius 3 is 0.767 bits per heavy atom. The van der Waals surface area contributed by atoms with Gasteiger partial charge in [-0.25, -0.2) is 0 Å². The van der Waals surface area contributed by atoms with E-state index in [4.69, 9.17) is 9.47 Å². The van der Waals surface area contributed by atoms with Gasteiger partial charge in [0.2, 0.25) is 0 Å². The Hall–Kier alpha value is -2.92. The molecule has 0 radical (unpaired) electrons. The summed E-state index contributed by atoms with van der Waals surface area (Å²) in [5.41, 5.74) is 0. The normalized spacial score (nSPS) is 12.6. The first-order chi connectivity index (χ1) is 42.6. The minimum Gasteiger partial charge on any atom is -0.462 e. The van der Waals surface area contributed by atoms with E-state index in [0.717, 1.165) is 77.0 Å². The molecule has 0 aromatic carbocycles. The van der Waals surface area contributed by atoms with Gasteiger partial charge in [-0.05, 0) is 89.9 Å². The molecule has 0 fully saturated rings. The zero-order valence-electron chi connectivity index (χ0n) is 57.6. The molecule has 0 bridgehead atoms. The van der Waals surface area contributed by atoms with Crippen LogP contribution in [0, 0.1) is 0 Å². The summed E-state index contributed by atoms with van der Waals surface area (Å²) < 4.78 is 10.8. The monoisotopic (exact) mass is 1200 g/mol. The van der Waals surface area contributed by atoms with Crippen molar-refractivity contribution in [2.75, 3.05) is 13.2 Å². The van der Waals surface area contributed by atoms with Gasteiger partial charge in [0.05, 0.1) is 6.61 Å². The number of aliphatic hydroxyl groups is 1. The van der Waals surface area contributed by atoms with E-state index < -0.39 is 6.10 Å². The number of carbonyl (C=O) groups is 2. The Morgan fingerprint density at radius 2 is 0.500 bits per heavy atom. The Bertz CT molecular complexity index is 1550. The van der Waals surface area contributed by atoms with Gasteiger partial charge in [0.25, 0.3) is 0 Å². The quantitative estimate of drug-likeness (QED) is 0.0373. The van der Waals surface area contributed by atoms with E-state index in [9.17, 15) is 14.7 Å². The molecule has 500 valence electrons. The smallest absolute Gasteiger partial charge is 0.306 e. The predicted octanol–water partition coefficient (Wildman–Crippen LogP) is 26.8. The van der Waals surface area contributed by atoms with Crippen molar-refractivity contribution in [2.24, 2.45) is 0 Å². The molecule has 0 aliphatic rings. The van der Waals surface area contributed by atoms with Crippen LogP contribution < -0.4 is 0 Å². The highest BCUT2D eigenvalue weighted by atomic mass is 16.6. The van der Waals surface area contributed by atoms with E-state index in [-0.39, 0.29) is 25.2 Å². The third kappa shape index (κ3) is 73.5. The summed E-state index contributed by atoms with van der Waals surface area (Å²) in [4.78, 5) is 24.7. The maximum absolute atomic E-state index is 12.4. The predicted molar refractivity (Wildman–Crippen MR) is 380 cm³/mol. The topological polar surface area (TPSA) is 72.8 Å². The van der Waals surface area contributed by atoms with Gasteiger partial charge >= 0.3 is 11.9 Å². The van der Waals surface area contributed by atoms with Crippen molar-refractivity contribution in [3.63, 3.8) is 0 Å². The van der Waals surface area contributed by atoms with E-state index in [0.29, 0.717) is 12.8 Å². The molecule has 0 aromatic rings. The summed E-state index contributed by atoms with van der Waals surface area (Å²) in [6, 6.07) is 0. The average Bonchev–Trinajstić information content (AvgIpc) is 3.54. The Labute approximate surface area is 536 Å². The Kier molecular flexibility index (Phi) is 73.7. The van der Waals surface area contributed by atoms with Crippen LogP contribution in [0.5, 0.6) is 0 Å². The second kappa shape index (κ2) is 76.3. The lowest BCUT2D eigenvalue weighted by atomic mass is 10.0. The van der Waals surface area contributed by atoms with Gasteiger partial charge in [-0.1, -0.05) is 381 Å². The molecule has 5 heteroatoms. The Balaban J connectivity index is 3.40. The molecule has 1 N–H and O–H groups in total. The lowest BCUT2D eigenvalue weighted by molar-refractivity contribution is -0.161. The van der Waals surface area contributed by atoms with Crippen LogP contribution in [0.4, 0.5) is 0 Å². The summed E-state index contributed by atoms with van der Waals surface area (Å²) in [5, 5.41) is 9.72. The molecule has 0 rings (SSSR count). The van der Waals surface area contributed by atoms with Gasteiger partial charge < -0.3 is 14.6 Å².